The first-order chi connectivity index (χ1) is 12.8. The Hall–Kier alpha value is -1.26. The van der Waals surface area contributed by atoms with Crippen molar-refractivity contribution in [2.24, 2.45) is 0 Å². The van der Waals surface area contributed by atoms with Gasteiger partial charge in [0.15, 0.2) is 0 Å². The number of hydrogen-bond donors (Lipinski definition) is 1. The van der Waals surface area contributed by atoms with Gasteiger partial charge in [0, 0.05) is 0 Å². The van der Waals surface area contributed by atoms with Gasteiger partial charge in [-0.05, 0) is 20.8 Å². The topological polar surface area (TPSA) is 110 Å². The van der Waals surface area contributed by atoms with Crippen LogP contribution in [0.5, 0.6) is 0 Å². The fraction of sp³-hybridized carbons (Fsp3) is 0.889. The molecule has 0 saturated carbocycles. The van der Waals surface area contributed by atoms with E-state index in [-0.39, 0.29) is 25.4 Å². The van der Waals surface area contributed by atoms with E-state index in [2.05, 4.69) is 0 Å². The summed E-state index contributed by atoms with van der Waals surface area (Å²) in [4.78, 5) is 21.7. The van der Waals surface area contributed by atoms with Crippen molar-refractivity contribution in [2.45, 2.75) is 39.2 Å². The van der Waals surface area contributed by atoms with Gasteiger partial charge < -0.3 is 33.5 Å². The number of carboxylic acid groups (broad SMARTS) is 1. The molecule has 0 fully saturated rings. The quantitative estimate of drug-likeness (QED) is 0.271. The predicted octanol–water partition coefficient (Wildman–Crippen LogP) is 1.28. The molecule has 0 rings (SSSR count). The number of carbonyl (C=O) groups excluding carboxylic acids is 1. The lowest BCUT2D eigenvalue weighted by Gasteiger charge is -2.19. The summed E-state index contributed by atoms with van der Waals surface area (Å²) >= 11 is 0. The molecule has 0 aliphatic rings. The lowest BCUT2D eigenvalue weighted by atomic mass is 10.2. The summed E-state index contributed by atoms with van der Waals surface area (Å²) in [6.45, 7) is 9.39. The van der Waals surface area contributed by atoms with Crippen LogP contribution in [-0.4, -0.2) is 88.7 Å². The summed E-state index contributed by atoms with van der Waals surface area (Å²) < 4.78 is 31.5. The number of hydrogen-bond acceptors (Lipinski definition) is 8. The molecule has 0 spiro atoms. The number of carboxylic acids is 1. The maximum Gasteiger partial charge on any atom is 0.308 e. The molecule has 9 nitrogen and oxygen atoms in total. The summed E-state index contributed by atoms with van der Waals surface area (Å²) in [5.74, 6) is -1.15. The maximum absolute atomic E-state index is 11.4. The molecule has 0 aromatic carbocycles. The second-order valence-electron chi connectivity index (χ2n) is 6.54. The molecule has 0 aliphatic heterocycles. The monoisotopic (exact) mass is 394 g/mol. The maximum atomic E-state index is 11.4. The van der Waals surface area contributed by atoms with E-state index in [1.54, 1.807) is 0 Å². The molecule has 9 heteroatoms. The van der Waals surface area contributed by atoms with Crippen molar-refractivity contribution >= 4 is 11.9 Å². The van der Waals surface area contributed by atoms with E-state index in [9.17, 15) is 9.59 Å². The van der Waals surface area contributed by atoms with E-state index < -0.39 is 11.6 Å². The molecule has 0 aliphatic carbocycles. The predicted molar refractivity (Wildman–Crippen MR) is 96.8 cm³/mol. The number of esters is 1. The van der Waals surface area contributed by atoms with E-state index in [0.717, 1.165) is 0 Å². The van der Waals surface area contributed by atoms with Crippen LogP contribution in [0.4, 0.5) is 0 Å². The van der Waals surface area contributed by atoms with Gasteiger partial charge in [-0.25, -0.2) is 0 Å². The number of aliphatic carboxylic acids is 1. The van der Waals surface area contributed by atoms with Crippen LogP contribution >= 0.6 is 0 Å². The van der Waals surface area contributed by atoms with Crippen LogP contribution in [-0.2, 0) is 38.0 Å². The van der Waals surface area contributed by atoms with Crippen LogP contribution in [0, 0.1) is 0 Å². The highest BCUT2D eigenvalue weighted by atomic mass is 16.6. The summed E-state index contributed by atoms with van der Waals surface area (Å²) in [6.07, 6.45) is 0.225. The molecular formula is C18H34O9. The lowest BCUT2D eigenvalue weighted by Crippen LogP contribution is -2.24. The zero-order chi connectivity index (χ0) is 20.4. The highest BCUT2D eigenvalue weighted by molar-refractivity contribution is 5.69. The zero-order valence-electron chi connectivity index (χ0n) is 16.7. The minimum absolute atomic E-state index is 0.00209. The molecule has 0 heterocycles. The van der Waals surface area contributed by atoms with Gasteiger partial charge in [0.05, 0.1) is 78.9 Å². The summed E-state index contributed by atoms with van der Waals surface area (Å²) in [7, 11) is 0. The van der Waals surface area contributed by atoms with Crippen molar-refractivity contribution in [3.05, 3.63) is 0 Å². The van der Waals surface area contributed by atoms with Gasteiger partial charge in [-0.15, -0.1) is 0 Å². The highest BCUT2D eigenvalue weighted by Gasteiger charge is 2.15. The second kappa shape index (κ2) is 16.9. The molecule has 0 amide bonds. The van der Waals surface area contributed by atoms with E-state index in [1.807, 2.05) is 20.8 Å². The molecule has 1 N–H and O–H groups in total. The van der Waals surface area contributed by atoms with Crippen molar-refractivity contribution < 1.29 is 43.1 Å². The largest absolute Gasteiger partial charge is 0.481 e. The Morgan fingerprint density at radius 3 is 1.30 bits per heavy atom. The van der Waals surface area contributed by atoms with Crippen molar-refractivity contribution in [3.63, 3.8) is 0 Å². The van der Waals surface area contributed by atoms with E-state index in [4.69, 9.17) is 33.5 Å². The third kappa shape index (κ3) is 22.7. The minimum atomic E-state index is -0.876. The third-order valence-corrected chi connectivity index (χ3v) is 2.82. The van der Waals surface area contributed by atoms with Gasteiger partial charge >= 0.3 is 11.9 Å². The highest BCUT2D eigenvalue weighted by Crippen LogP contribution is 2.07. The molecule has 0 atom stereocenters. The van der Waals surface area contributed by atoms with Crippen molar-refractivity contribution in [2.75, 3.05) is 66.1 Å². The standard InChI is InChI=1S/C18H34O9/c1-18(2,3)27-17(21)5-7-23-9-11-25-13-15-26-14-12-24-10-8-22-6-4-16(19)20/h4-15H2,1-3H3,(H,19,20). The average molecular weight is 394 g/mol. The number of ether oxygens (including phenoxy) is 6. The average Bonchev–Trinajstić information content (AvgIpc) is 2.55. The van der Waals surface area contributed by atoms with Crippen LogP contribution in [0.3, 0.4) is 0 Å². The lowest BCUT2D eigenvalue weighted by molar-refractivity contribution is -0.156. The fourth-order valence-electron chi connectivity index (χ4n) is 1.69. The van der Waals surface area contributed by atoms with E-state index in [1.165, 1.54) is 0 Å². The number of carbonyl (C=O) groups is 2. The Kier molecular flexibility index (Phi) is 16.1. The van der Waals surface area contributed by atoms with Gasteiger partial charge in [-0.2, -0.15) is 0 Å². The van der Waals surface area contributed by atoms with Crippen molar-refractivity contribution in [1.82, 2.24) is 0 Å². The molecular weight excluding hydrogens is 360 g/mol. The van der Waals surface area contributed by atoms with Crippen molar-refractivity contribution in [3.8, 4) is 0 Å². The Bertz CT molecular complexity index is 380. The molecule has 0 bridgehead atoms. The molecule has 0 unspecified atom stereocenters. The normalized spacial score (nSPS) is 11.5. The smallest absolute Gasteiger partial charge is 0.308 e. The van der Waals surface area contributed by atoms with E-state index >= 15 is 0 Å². The molecule has 0 saturated heterocycles. The Morgan fingerprint density at radius 1 is 0.630 bits per heavy atom. The second-order valence-corrected chi connectivity index (χ2v) is 6.54. The van der Waals surface area contributed by atoms with Crippen LogP contribution in [0.15, 0.2) is 0 Å². The third-order valence-electron chi connectivity index (χ3n) is 2.82. The van der Waals surface area contributed by atoms with Crippen LogP contribution in [0.2, 0.25) is 0 Å². The van der Waals surface area contributed by atoms with Gasteiger partial charge in [0.1, 0.15) is 5.60 Å². The van der Waals surface area contributed by atoms with Gasteiger partial charge in [-0.3, -0.25) is 9.59 Å². The first-order valence-electron chi connectivity index (χ1n) is 9.13. The Labute approximate surface area is 161 Å². The fourth-order valence-corrected chi connectivity index (χ4v) is 1.69. The number of rotatable bonds is 18. The zero-order valence-corrected chi connectivity index (χ0v) is 16.7. The van der Waals surface area contributed by atoms with Gasteiger partial charge in [0.2, 0.25) is 0 Å². The van der Waals surface area contributed by atoms with Gasteiger partial charge in [-0.1, -0.05) is 0 Å². The Morgan fingerprint density at radius 2 is 0.963 bits per heavy atom. The van der Waals surface area contributed by atoms with Crippen LogP contribution < -0.4 is 0 Å². The van der Waals surface area contributed by atoms with E-state index in [0.29, 0.717) is 59.5 Å². The molecule has 0 aromatic heterocycles. The molecule has 0 radical (unpaired) electrons. The SMILES string of the molecule is CC(C)(C)OC(=O)CCOCCOCCOCCOCCOCCC(=O)O. The molecule has 160 valence electrons. The first-order valence-corrected chi connectivity index (χ1v) is 9.13. The first kappa shape index (κ1) is 25.7. The summed E-state index contributed by atoms with van der Waals surface area (Å²) in [5.41, 5.74) is -0.471. The summed E-state index contributed by atoms with van der Waals surface area (Å²) in [6, 6.07) is 0. The van der Waals surface area contributed by atoms with Crippen molar-refractivity contribution in [1.29, 1.82) is 0 Å². The van der Waals surface area contributed by atoms with Gasteiger partial charge in [0.25, 0.3) is 0 Å². The molecule has 27 heavy (non-hydrogen) atoms. The van der Waals surface area contributed by atoms with Crippen LogP contribution in [0.25, 0.3) is 0 Å². The summed E-state index contributed by atoms with van der Waals surface area (Å²) in [5, 5.41) is 8.42. The Balaban J connectivity index is 3.15. The van der Waals surface area contributed by atoms with Crippen LogP contribution in [0.1, 0.15) is 33.6 Å². The minimum Gasteiger partial charge on any atom is -0.481 e. The molecule has 0 aromatic rings.